The van der Waals surface area contributed by atoms with Gasteiger partial charge in [-0.1, -0.05) is 6.92 Å². The molecule has 0 saturated carbocycles. The summed E-state index contributed by atoms with van der Waals surface area (Å²) in [6.07, 6.45) is 1.37. The topological polar surface area (TPSA) is 149 Å². The summed E-state index contributed by atoms with van der Waals surface area (Å²) in [5, 5.41) is 0. The Morgan fingerprint density at radius 3 is 0.933 bits per heavy atom. The molecule has 4 N–H and O–H groups in total. The predicted molar refractivity (Wildman–Crippen MR) is 57.7 cm³/mol. The molecule has 0 unspecified atom stereocenters. The first-order chi connectivity index (χ1) is 6.27. The van der Waals surface area contributed by atoms with Crippen molar-refractivity contribution in [1.29, 1.82) is 0 Å². The van der Waals surface area contributed by atoms with E-state index in [1.165, 1.54) is 6.16 Å². The Morgan fingerprint density at radius 2 is 0.933 bits per heavy atom. The lowest BCUT2D eigenvalue weighted by atomic mass is 11.0. The molecule has 0 aromatic heterocycles. The molecule has 0 spiro atoms. The molecule has 11 heteroatoms. The second-order valence-corrected chi connectivity index (χ2v) is 6.87. The third-order valence-corrected chi connectivity index (χ3v) is 1.90. The Bertz CT molecular complexity index is 271. The summed E-state index contributed by atoms with van der Waals surface area (Å²) in [4.78, 5) is 0. The van der Waals surface area contributed by atoms with E-state index in [9.17, 15) is 0 Å². The van der Waals surface area contributed by atoms with E-state index < -0.39 is 20.8 Å². The van der Waals surface area contributed by atoms with Crippen molar-refractivity contribution in [2.24, 2.45) is 0 Å². The molecule has 0 rings (SSSR count). The van der Waals surface area contributed by atoms with Gasteiger partial charge in [0.1, 0.15) is 0 Å². The molecule has 0 saturated heterocycles. The summed E-state index contributed by atoms with van der Waals surface area (Å²) in [6, 6.07) is 0. The molecule has 0 radical (unpaired) electrons. The molecule has 96 valence electrons. The lowest BCUT2D eigenvalue weighted by Crippen LogP contribution is -1.89. The average molecular weight is 286 g/mol. The SMILES string of the molecule is CCP(C)C.O=S(=O)(O)O.O=S(=O)(O)O. The van der Waals surface area contributed by atoms with Crippen LogP contribution in [0.15, 0.2) is 0 Å². The molecular formula is C4H15O8PS2. The highest BCUT2D eigenvalue weighted by atomic mass is 32.3. The van der Waals surface area contributed by atoms with E-state index in [0.29, 0.717) is 7.92 Å². The molecule has 15 heavy (non-hydrogen) atoms. The first-order valence-corrected chi connectivity index (χ1v) is 8.53. The van der Waals surface area contributed by atoms with Crippen molar-refractivity contribution in [3.05, 3.63) is 0 Å². The van der Waals surface area contributed by atoms with Gasteiger partial charge in [0, 0.05) is 0 Å². The molecule has 0 aliphatic heterocycles. The van der Waals surface area contributed by atoms with Gasteiger partial charge in [-0.2, -0.15) is 16.8 Å². The third-order valence-electron chi connectivity index (χ3n) is 0.632. The van der Waals surface area contributed by atoms with Gasteiger partial charge < -0.3 is 0 Å². The second kappa shape index (κ2) is 9.40. The minimum Gasteiger partial charge on any atom is -0.264 e. The summed E-state index contributed by atoms with van der Waals surface area (Å²) < 4.78 is 63.2. The lowest BCUT2D eigenvalue weighted by Gasteiger charge is -1.92. The van der Waals surface area contributed by atoms with Crippen LogP contribution >= 0.6 is 7.92 Å². The van der Waals surface area contributed by atoms with Gasteiger partial charge in [0.2, 0.25) is 0 Å². The maximum atomic E-state index is 8.74. The van der Waals surface area contributed by atoms with Crippen LogP contribution in [0.25, 0.3) is 0 Å². The monoisotopic (exact) mass is 286 g/mol. The van der Waals surface area contributed by atoms with Crippen LogP contribution in [0.5, 0.6) is 0 Å². The van der Waals surface area contributed by atoms with Crippen LogP contribution < -0.4 is 0 Å². The quantitative estimate of drug-likeness (QED) is 0.400. The van der Waals surface area contributed by atoms with E-state index in [4.69, 9.17) is 35.0 Å². The molecule has 0 aromatic rings. The van der Waals surface area contributed by atoms with E-state index in [1.54, 1.807) is 0 Å². The number of hydrogen-bond donors (Lipinski definition) is 4. The van der Waals surface area contributed by atoms with Gasteiger partial charge in [0.15, 0.2) is 0 Å². The van der Waals surface area contributed by atoms with Gasteiger partial charge in [0.05, 0.1) is 0 Å². The summed E-state index contributed by atoms with van der Waals surface area (Å²) in [5.41, 5.74) is 0. The van der Waals surface area contributed by atoms with E-state index in [-0.39, 0.29) is 0 Å². The predicted octanol–water partition coefficient (Wildman–Crippen LogP) is 0.442. The Hall–Kier alpha value is 0.170. The summed E-state index contributed by atoms with van der Waals surface area (Å²) in [6.45, 7) is 6.80. The average Bonchev–Trinajstić information content (AvgIpc) is 1.79. The first kappa shape index (κ1) is 20.6. The molecule has 0 aromatic carbocycles. The zero-order valence-corrected chi connectivity index (χ0v) is 10.9. The van der Waals surface area contributed by atoms with Crippen LogP contribution in [-0.2, 0) is 20.8 Å². The first-order valence-electron chi connectivity index (χ1n) is 3.31. The van der Waals surface area contributed by atoms with E-state index in [0.717, 1.165) is 0 Å². The molecule has 0 atom stereocenters. The normalized spacial score (nSPS) is 10.9. The van der Waals surface area contributed by atoms with Crippen LogP contribution in [0.3, 0.4) is 0 Å². The largest absolute Gasteiger partial charge is 0.394 e. The smallest absolute Gasteiger partial charge is 0.264 e. The summed E-state index contributed by atoms with van der Waals surface area (Å²) in [5.74, 6) is 0. The highest BCUT2D eigenvalue weighted by molar-refractivity contribution is 7.80. The van der Waals surface area contributed by atoms with Gasteiger partial charge in [-0.3, -0.25) is 18.2 Å². The Kier molecular flexibility index (Phi) is 12.9. The van der Waals surface area contributed by atoms with Crippen LogP contribution in [0.4, 0.5) is 0 Å². The highest BCUT2D eigenvalue weighted by Gasteiger charge is 1.85. The molecule has 8 nitrogen and oxygen atoms in total. The van der Waals surface area contributed by atoms with Crippen molar-refractivity contribution in [3.63, 3.8) is 0 Å². The molecule has 0 amide bonds. The van der Waals surface area contributed by atoms with E-state index in [2.05, 4.69) is 20.3 Å². The Morgan fingerprint density at radius 1 is 0.867 bits per heavy atom. The van der Waals surface area contributed by atoms with Gasteiger partial charge in [-0.15, -0.1) is 7.92 Å². The van der Waals surface area contributed by atoms with E-state index >= 15 is 0 Å². The summed E-state index contributed by atoms with van der Waals surface area (Å²) in [7, 11) is -8.93. The van der Waals surface area contributed by atoms with Crippen LogP contribution in [0.2, 0.25) is 0 Å². The number of hydrogen-bond acceptors (Lipinski definition) is 4. The molecule has 0 aliphatic rings. The number of rotatable bonds is 1. The highest BCUT2D eigenvalue weighted by Crippen LogP contribution is 2.21. The zero-order chi connectivity index (χ0) is 13.3. The molecule has 0 aliphatic carbocycles. The maximum Gasteiger partial charge on any atom is 0.394 e. The van der Waals surface area contributed by atoms with Crippen LogP contribution in [-0.4, -0.2) is 54.5 Å². The fraction of sp³-hybridized carbons (Fsp3) is 1.00. The molecule has 0 heterocycles. The Balaban J connectivity index is -0.000000144. The van der Waals surface area contributed by atoms with Crippen LogP contribution in [0, 0.1) is 0 Å². The van der Waals surface area contributed by atoms with Gasteiger partial charge in [0.25, 0.3) is 0 Å². The molecule has 0 fully saturated rings. The zero-order valence-electron chi connectivity index (χ0n) is 8.39. The van der Waals surface area contributed by atoms with Crippen molar-refractivity contribution >= 4 is 28.7 Å². The van der Waals surface area contributed by atoms with Crippen molar-refractivity contribution < 1.29 is 35.0 Å². The Labute approximate surface area is 90.6 Å². The van der Waals surface area contributed by atoms with Crippen molar-refractivity contribution in [2.75, 3.05) is 19.5 Å². The standard InChI is InChI=1S/C4H11P.2H2O4S/c1-4-5(2)3;2*1-5(2,3)4/h4H2,1-3H3;2*(H2,1,2,3,4). The molecule has 0 bridgehead atoms. The van der Waals surface area contributed by atoms with E-state index in [1.807, 2.05) is 0 Å². The van der Waals surface area contributed by atoms with Gasteiger partial charge in [-0.05, 0) is 19.5 Å². The van der Waals surface area contributed by atoms with Crippen molar-refractivity contribution in [3.8, 4) is 0 Å². The third kappa shape index (κ3) is 446. The van der Waals surface area contributed by atoms with Crippen molar-refractivity contribution in [1.82, 2.24) is 0 Å². The van der Waals surface area contributed by atoms with Gasteiger partial charge >= 0.3 is 20.8 Å². The fourth-order valence-corrected chi connectivity index (χ4v) is 0. The van der Waals surface area contributed by atoms with Gasteiger partial charge in [-0.25, -0.2) is 0 Å². The summed E-state index contributed by atoms with van der Waals surface area (Å²) >= 11 is 0. The fourth-order valence-electron chi connectivity index (χ4n) is 0. The molecular weight excluding hydrogens is 271 g/mol. The minimum absolute atomic E-state index is 0.402. The van der Waals surface area contributed by atoms with Crippen molar-refractivity contribution in [2.45, 2.75) is 6.92 Å². The lowest BCUT2D eigenvalue weighted by molar-refractivity contribution is 0.378. The second-order valence-electron chi connectivity index (χ2n) is 2.29. The minimum atomic E-state index is -4.67. The van der Waals surface area contributed by atoms with Crippen LogP contribution in [0.1, 0.15) is 6.92 Å². The maximum absolute atomic E-state index is 8.74.